The van der Waals surface area contributed by atoms with Crippen LogP contribution in [0.25, 0.3) is 0 Å². The quantitative estimate of drug-likeness (QED) is 0.489. The Morgan fingerprint density at radius 3 is 1.95 bits per heavy atom. The van der Waals surface area contributed by atoms with E-state index < -0.39 is 11.8 Å². The van der Waals surface area contributed by atoms with E-state index in [-0.39, 0.29) is 16.0 Å². The number of amides is 2. The zero-order valence-electron chi connectivity index (χ0n) is 11.0. The molecule has 1 aromatic carbocycles. The lowest BCUT2D eigenvalue weighted by atomic mass is 10.2. The van der Waals surface area contributed by atoms with Crippen molar-refractivity contribution >= 4 is 46.7 Å². The van der Waals surface area contributed by atoms with Gasteiger partial charge < -0.3 is 10.5 Å². The number of carbonyl (C=O) groups excluding carboxylic acids is 3. The fraction of sp³-hybridized carbons (Fsp3) is 0.154. The third kappa shape index (κ3) is 4.77. The van der Waals surface area contributed by atoms with E-state index in [9.17, 15) is 14.4 Å². The molecule has 1 heterocycles. The number of imide groups is 1. The van der Waals surface area contributed by atoms with Crippen LogP contribution in [-0.4, -0.2) is 24.4 Å². The Bertz CT molecular complexity index is 575. The first-order chi connectivity index (χ1) is 9.86. The molecule has 2 rings (SSSR count). The van der Waals surface area contributed by atoms with Crippen molar-refractivity contribution in [2.24, 2.45) is 0 Å². The van der Waals surface area contributed by atoms with Crippen LogP contribution in [0.2, 0.25) is 0 Å². The molecule has 0 bridgehead atoms. The Labute approximate surface area is 130 Å². The summed E-state index contributed by atoms with van der Waals surface area (Å²) in [6, 6.07) is 6.64. The SMILES string of the molecule is CCOC(=O)c1ccc(N)cc1.O=C1NC(=O)C(Cl)=C1Cl. The molecule has 0 atom stereocenters. The number of hydrogen-bond acceptors (Lipinski definition) is 5. The molecule has 0 spiro atoms. The van der Waals surface area contributed by atoms with Gasteiger partial charge in [0.05, 0.1) is 12.2 Å². The molecule has 0 fully saturated rings. The van der Waals surface area contributed by atoms with Gasteiger partial charge >= 0.3 is 5.97 Å². The third-order valence-corrected chi connectivity index (χ3v) is 3.06. The number of carbonyl (C=O) groups is 3. The van der Waals surface area contributed by atoms with Crippen molar-refractivity contribution in [3.05, 3.63) is 39.9 Å². The van der Waals surface area contributed by atoms with E-state index in [2.05, 4.69) is 0 Å². The highest BCUT2D eigenvalue weighted by atomic mass is 35.5. The maximum absolute atomic E-state index is 11.1. The lowest BCUT2D eigenvalue weighted by molar-refractivity contribution is -0.123. The Hall–Kier alpha value is -2.05. The van der Waals surface area contributed by atoms with E-state index in [4.69, 9.17) is 33.7 Å². The van der Waals surface area contributed by atoms with Crippen molar-refractivity contribution < 1.29 is 19.1 Å². The van der Waals surface area contributed by atoms with Gasteiger partial charge in [-0.15, -0.1) is 0 Å². The summed E-state index contributed by atoms with van der Waals surface area (Å²) in [5.74, 6) is -1.57. The van der Waals surface area contributed by atoms with Crippen LogP contribution in [0.5, 0.6) is 0 Å². The minimum absolute atomic E-state index is 0.235. The second-order valence-electron chi connectivity index (χ2n) is 3.75. The summed E-state index contributed by atoms with van der Waals surface area (Å²) in [4.78, 5) is 31.9. The number of esters is 1. The topological polar surface area (TPSA) is 98.5 Å². The zero-order valence-corrected chi connectivity index (χ0v) is 12.5. The first-order valence-corrected chi connectivity index (χ1v) is 6.56. The lowest BCUT2D eigenvalue weighted by Crippen LogP contribution is -2.21. The third-order valence-electron chi connectivity index (χ3n) is 2.24. The lowest BCUT2D eigenvalue weighted by Gasteiger charge is -2.00. The second kappa shape index (κ2) is 7.66. The molecule has 1 aliphatic rings. The van der Waals surface area contributed by atoms with E-state index in [1.54, 1.807) is 31.2 Å². The molecule has 3 N–H and O–H groups in total. The number of ether oxygens (including phenoxy) is 1. The molecule has 1 aliphatic heterocycles. The Morgan fingerprint density at radius 1 is 1.14 bits per heavy atom. The summed E-state index contributed by atoms with van der Waals surface area (Å²) in [5, 5.41) is 1.43. The zero-order chi connectivity index (χ0) is 16.0. The molecule has 112 valence electrons. The van der Waals surface area contributed by atoms with Crippen molar-refractivity contribution in [1.82, 2.24) is 5.32 Å². The highest BCUT2D eigenvalue weighted by Crippen LogP contribution is 2.18. The van der Waals surface area contributed by atoms with Crippen molar-refractivity contribution in [1.29, 1.82) is 0 Å². The van der Waals surface area contributed by atoms with Crippen LogP contribution in [0.1, 0.15) is 17.3 Å². The number of hydrogen-bond donors (Lipinski definition) is 2. The average molecular weight is 331 g/mol. The predicted molar refractivity (Wildman–Crippen MR) is 78.7 cm³/mol. The average Bonchev–Trinajstić information content (AvgIpc) is 2.67. The van der Waals surface area contributed by atoms with E-state index in [1.807, 2.05) is 5.32 Å². The maximum Gasteiger partial charge on any atom is 0.338 e. The molecule has 0 saturated carbocycles. The van der Waals surface area contributed by atoms with Crippen LogP contribution in [0, 0.1) is 0 Å². The van der Waals surface area contributed by atoms with Gasteiger partial charge in [0, 0.05) is 5.69 Å². The van der Waals surface area contributed by atoms with Gasteiger partial charge in [-0.05, 0) is 31.2 Å². The van der Waals surface area contributed by atoms with Crippen LogP contribution in [0.4, 0.5) is 5.69 Å². The minimum Gasteiger partial charge on any atom is -0.462 e. The Kier molecular flexibility index (Phi) is 6.20. The predicted octanol–water partition coefficient (Wildman–Crippen LogP) is 1.78. The summed E-state index contributed by atoms with van der Waals surface area (Å²) >= 11 is 10.4. The normalized spacial score (nSPS) is 13.5. The smallest absolute Gasteiger partial charge is 0.338 e. The highest BCUT2D eigenvalue weighted by Gasteiger charge is 2.26. The largest absolute Gasteiger partial charge is 0.462 e. The number of anilines is 1. The first kappa shape index (κ1) is 17.0. The molecule has 1 aromatic rings. The van der Waals surface area contributed by atoms with Gasteiger partial charge in [-0.2, -0.15) is 0 Å². The van der Waals surface area contributed by atoms with Gasteiger partial charge in [-0.3, -0.25) is 14.9 Å². The molecule has 8 heteroatoms. The number of benzene rings is 1. The van der Waals surface area contributed by atoms with Crippen LogP contribution >= 0.6 is 23.2 Å². The summed E-state index contributed by atoms with van der Waals surface area (Å²) < 4.78 is 4.79. The van der Waals surface area contributed by atoms with E-state index in [1.165, 1.54) is 0 Å². The molecule has 2 amide bonds. The number of halogens is 2. The van der Waals surface area contributed by atoms with Gasteiger partial charge in [0.2, 0.25) is 0 Å². The van der Waals surface area contributed by atoms with Crippen LogP contribution in [-0.2, 0) is 14.3 Å². The van der Waals surface area contributed by atoms with Crippen LogP contribution < -0.4 is 11.1 Å². The highest BCUT2D eigenvalue weighted by molar-refractivity contribution is 6.58. The first-order valence-electron chi connectivity index (χ1n) is 5.80. The molecule has 0 aliphatic carbocycles. The standard InChI is InChI=1S/C9H11NO2.C4HCl2NO2/c1-2-12-9(11)7-3-5-8(10)6-4-7;5-1-2(6)4(9)7-3(1)8/h3-6H,2,10H2,1H3;(H,7,8,9). The van der Waals surface area contributed by atoms with E-state index >= 15 is 0 Å². The molecule has 6 nitrogen and oxygen atoms in total. The van der Waals surface area contributed by atoms with Gasteiger partial charge in [0.25, 0.3) is 11.8 Å². The van der Waals surface area contributed by atoms with E-state index in [0.717, 1.165) is 0 Å². The number of nitrogen functional groups attached to an aromatic ring is 1. The molecule has 0 radical (unpaired) electrons. The van der Waals surface area contributed by atoms with Gasteiger partial charge in [-0.25, -0.2) is 4.79 Å². The van der Waals surface area contributed by atoms with Gasteiger partial charge in [0.1, 0.15) is 10.1 Å². The summed E-state index contributed by atoms with van der Waals surface area (Å²) in [6.45, 7) is 2.17. The molecule has 0 unspecified atom stereocenters. The van der Waals surface area contributed by atoms with Crippen molar-refractivity contribution in [2.75, 3.05) is 12.3 Å². The van der Waals surface area contributed by atoms with Crippen LogP contribution in [0.3, 0.4) is 0 Å². The monoisotopic (exact) mass is 330 g/mol. The molecule has 21 heavy (non-hydrogen) atoms. The van der Waals surface area contributed by atoms with Gasteiger partial charge in [-0.1, -0.05) is 23.2 Å². The van der Waals surface area contributed by atoms with Crippen molar-refractivity contribution in [3.8, 4) is 0 Å². The summed E-state index contributed by atoms with van der Waals surface area (Å²) in [5.41, 5.74) is 6.62. The molecule has 0 aromatic heterocycles. The summed E-state index contributed by atoms with van der Waals surface area (Å²) in [6.07, 6.45) is 0. The van der Waals surface area contributed by atoms with E-state index in [0.29, 0.717) is 17.9 Å². The van der Waals surface area contributed by atoms with Crippen molar-refractivity contribution in [2.45, 2.75) is 6.92 Å². The number of nitrogens with one attached hydrogen (secondary N) is 1. The molecule has 0 saturated heterocycles. The fourth-order valence-electron chi connectivity index (χ4n) is 1.25. The Balaban J connectivity index is 0.000000219. The molecular formula is C13H12Cl2N2O4. The summed E-state index contributed by atoms with van der Waals surface area (Å²) in [7, 11) is 0. The number of nitrogens with two attached hydrogens (primary N) is 1. The minimum atomic E-state index is -0.633. The Morgan fingerprint density at radius 2 is 1.62 bits per heavy atom. The second-order valence-corrected chi connectivity index (χ2v) is 4.51. The maximum atomic E-state index is 11.1. The fourth-order valence-corrected chi connectivity index (χ4v) is 1.51. The van der Waals surface area contributed by atoms with Crippen molar-refractivity contribution in [3.63, 3.8) is 0 Å². The molecular weight excluding hydrogens is 319 g/mol. The van der Waals surface area contributed by atoms with Gasteiger partial charge in [0.15, 0.2) is 0 Å². The number of rotatable bonds is 2. The van der Waals surface area contributed by atoms with Crippen LogP contribution in [0.15, 0.2) is 34.3 Å².